The lowest BCUT2D eigenvalue weighted by molar-refractivity contribution is -0.146. The average molecular weight is 343 g/mol. The summed E-state index contributed by atoms with van der Waals surface area (Å²) in [7, 11) is 0. The molecule has 0 aliphatic carbocycles. The van der Waals surface area contributed by atoms with Gasteiger partial charge in [-0.1, -0.05) is 0 Å². The van der Waals surface area contributed by atoms with Crippen LogP contribution in [0.4, 0.5) is 5.82 Å². The summed E-state index contributed by atoms with van der Waals surface area (Å²) in [6.45, 7) is 7.64. The summed E-state index contributed by atoms with van der Waals surface area (Å²) in [4.78, 5) is 32.4. The molecule has 1 aromatic heterocycles. The van der Waals surface area contributed by atoms with Gasteiger partial charge in [0.15, 0.2) is 5.57 Å². The Bertz CT molecular complexity index is 810. The van der Waals surface area contributed by atoms with Crippen LogP contribution in [0.5, 0.6) is 0 Å². The first-order chi connectivity index (χ1) is 12.0. The Morgan fingerprint density at radius 1 is 1.04 bits per heavy atom. The highest BCUT2D eigenvalue weighted by atomic mass is 16.6. The van der Waals surface area contributed by atoms with E-state index in [1.54, 1.807) is 13.8 Å². The van der Waals surface area contributed by atoms with E-state index in [-0.39, 0.29) is 18.8 Å². The summed E-state index contributed by atoms with van der Waals surface area (Å²) in [6, 6.07) is 3.91. The molecule has 0 aliphatic rings. The predicted molar refractivity (Wildman–Crippen MR) is 94.0 cm³/mol. The van der Waals surface area contributed by atoms with Gasteiger partial charge in [-0.25, -0.2) is 19.6 Å². The van der Waals surface area contributed by atoms with Gasteiger partial charge in [0.05, 0.1) is 18.7 Å². The number of carbonyl (C=O) groups is 2. The van der Waals surface area contributed by atoms with E-state index in [0.29, 0.717) is 5.82 Å². The molecule has 7 nitrogen and oxygen atoms in total. The number of anilines is 1. The number of aromatic nitrogens is 2. The molecular weight excluding hydrogens is 322 g/mol. The fourth-order valence-corrected chi connectivity index (χ4v) is 2.19. The molecule has 7 heteroatoms. The second-order valence-electron chi connectivity index (χ2n) is 5.32. The minimum absolute atomic E-state index is 0.157. The predicted octanol–water partition coefficient (Wildman–Crippen LogP) is 2.67. The van der Waals surface area contributed by atoms with Crippen molar-refractivity contribution in [3.8, 4) is 0 Å². The van der Waals surface area contributed by atoms with E-state index >= 15 is 0 Å². The molecule has 0 saturated carbocycles. The Morgan fingerprint density at radius 3 is 2.24 bits per heavy atom. The number of benzene rings is 1. The molecule has 0 unspecified atom stereocenters. The van der Waals surface area contributed by atoms with E-state index in [1.165, 1.54) is 12.5 Å². The van der Waals surface area contributed by atoms with Crippen LogP contribution in [0.25, 0.3) is 10.9 Å². The van der Waals surface area contributed by atoms with Crippen molar-refractivity contribution in [2.75, 3.05) is 18.5 Å². The van der Waals surface area contributed by atoms with Gasteiger partial charge in [0, 0.05) is 11.6 Å². The molecule has 0 amide bonds. The second-order valence-corrected chi connectivity index (χ2v) is 5.32. The van der Waals surface area contributed by atoms with Gasteiger partial charge < -0.3 is 14.8 Å². The van der Waals surface area contributed by atoms with Crippen molar-refractivity contribution in [2.24, 2.45) is 0 Å². The molecule has 0 aliphatic heterocycles. The quantitative estimate of drug-likeness (QED) is 0.373. The van der Waals surface area contributed by atoms with E-state index in [9.17, 15) is 9.59 Å². The maximum atomic E-state index is 12.0. The zero-order valence-corrected chi connectivity index (χ0v) is 14.8. The first-order valence-electron chi connectivity index (χ1n) is 8.00. The standard InChI is InChI=1S/C18H21N3O4/c1-5-24-17(22)14(18(23)25-6-2)9-19-16-13-7-11(3)12(4)8-15(13)20-10-21-16/h7-10H,5-6H2,1-4H3,(H,19,20,21). The third-order valence-electron chi connectivity index (χ3n) is 3.59. The summed E-state index contributed by atoms with van der Waals surface area (Å²) < 4.78 is 9.80. The highest BCUT2D eigenvalue weighted by molar-refractivity contribution is 6.14. The Kier molecular flexibility index (Phi) is 6.05. The number of aryl methyl sites for hydroxylation is 2. The molecule has 25 heavy (non-hydrogen) atoms. The molecule has 0 fully saturated rings. The van der Waals surface area contributed by atoms with E-state index in [2.05, 4.69) is 15.3 Å². The minimum atomic E-state index is -0.751. The molecule has 132 valence electrons. The van der Waals surface area contributed by atoms with E-state index in [1.807, 2.05) is 26.0 Å². The summed E-state index contributed by atoms with van der Waals surface area (Å²) in [5, 5.41) is 3.68. The maximum Gasteiger partial charge on any atom is 0.347 e. The second kappa shape index (κ2) is 8.23. The van der Waals surface area contributed by atoms with Crippen LogP contribution in [-0.2, 0) is 19.1 Å². The van der Waals surface area contributed by atoms with Gasteiger partial charge in [-0.3, -0.25) is 0 Å². The van der Waals surface area contributed by atoms with Crippen LogP contribution in [0.1, 0.15) is 25.0 Å². The summed E-state index contributed by atoms with van der Waals surface area (Å²) in [5.41, 5.74) is 2.75. The fourth-order valence-electron chi connectivity index (χ4n) is 2.19. The zero-order valence-electron chi connectivity index (χ0n) is 14.8. The van der Waals surface area contributed by atoms with Crippen LogP contribution in [-0.4, -0.2) is 35.1 Å². The van der Waals surface area contributed by atoms with Crippen LogP contribution in [0, 0.1) is 13.8 Å². The first kappa shape index (κ1) is 18.4. The van der Waals surface area contributed by atoms with E-state index in [0.717, 1.165) is 22.0 Å². The largest absolute Gasteiger partial charge is 0.462 e. The molecule has 0 atom stereocenters. The summed E-state index contributed by atoms with van der Waals surface area (Å²) in [6.07, 6.45) is 2.68. The molecule has 1 N–H and O–H groups in total. The Hall–Kier alpha value is -2.96. The average Bonchev–Trinajstić information content (AvgIpc) is 2.57. The Labute approximate surface area is 146 Å². The molecule has 2 rings (SSSR count). The maximum absolute atomic E-state index is 12.0. The fraction of sp³-hybridized carbons (Fsp3) is 0.333. The number of hydrogen-bond acceptors (Lipinski definition) is 7. The number of hydrogen-bond donors (Lipinski definition) is 1. The number of fused-ring (bicyclic) bond motifs is 1. The normalized spacial score (nSPS) is 10.2. The smallest absolute Gasteiger partial charge is 0.347 e. The molecule has 1 aromatic carbocycles. The monoisotopic (exact) mass is 343 g/mol. The molecule has 0 radical (unpaired) electrons. The number of carbonyl (C=O) groups excluding carboxylic acids is 2. The van der Waals surface area contributed by atoms with Crippen molar-refractivity contribution >= 4 is 28.7 Å². The van der Waals surface area contributed by atoms with Gasteiger partial charge in [0.1, 0.15) is 12.1 Å². The summed E-state index contributed by atoms with van der Waals surface area (Å²) >= 11 is 0. The number of nitrogens with zero attached hydrogens (tertiary/aromatic N) is 2. The van der Waals surface area contributed by atoms with Crippen molar-refractivity contribution in [3.63, 3.8) is 0 Å². The molecule has 0 spiro atoms. The van der Waals surface area contributed by atoms with E-state index < -0.39 is 11.9 Å². The first-order valence-corrected chi connectivity index (χ1v) is 8.00. The van der Waals surface area contributed by atoms with Gasteiger partial charge in [-0.05, 0) is 51.0 Å². The Morgan fingerprint density at radius 2 is 1.64 bits per heavy atom. The Balaban J connectivity index is 2.39. The molecular formula is C18H21N3O4. The number of esters is 2. The number of nitrogens with one attached hydrogen (secondary N) is 1. The van der Waals surface area contributed by atoms with Crippen molar-refractivity contribution in [1.82, 2.24) is 9.97 Å². The zero-order chi connectivity index (χ0) is 18.4. The number of ether oxygens (including phenoxy) is 2. The van der Waals surface area contributed by atoms with Crippen molar-refractivity contribution in [3.05, 3.63) is 41.4 Å². The molecule has 0 saturated heterocycles. The minimum Gasteiger partial charge on any atom is -0.462 e. The SMILES string of the molecule is CCOC(=O)C(=CNc1ncnc2cc(C)c(C)cc12)C(=O)OCC. The van der Waals surface area contributed by atoms with Crippen LogP contribution >= 0.6 is 0 Å². The highest BCUT2D eigenvalue weighted by Crippen LogP contribution is 2.23. The lowest BCUT2D eigenvalue weighted by Gasteiger charge is -2.09. The number of rotatable bonds is 6. The molecule has 0 bridgehead atoms. The summed E-state index contributed by atoms with van der Waals surface area (Å²) in [5.74, 6) is -1.02. The van der Waals surface area contributed by atoms with Gasteiger partial charge in [-0.15, -0.1) is 0 Å². The lowest BCUT2D eigenvalue weighted by Crippen LogP contribution is -2.19. The lowest BCUT2D eigenvalue weighted by atomic mass is 10.1. The topological polar surface area (TPSA) is 90.4 Å². The molecule has 1 heterocycles. The van der Waals surface area contributed by atoms with Crippen LogP contribution in [0.15, 0.2) is 30.2 Å². The van der Waals surface area contributed by atoms with Gasteiger partial charge in [-0.2, -0.15) is 0 Å². The van der Waals surface area contributed by atoms with Crippen LogP contribution in [0.2, 0.25) is 0 Å². The van der Waals surface area contributed by atoms with Gasteiger partial charge >= 0.3 is 11.9 Å². The van der Waals surface area contributed by atoms with Crippen LogP contribution < -0.4 is 5.32 Å². The van der Waals surface area contributed by atoms with Gasteiger partial charge in [0.25, 0.3) is 0 Å². The highest BCUT2D eigenvalue weighted by Gasteiger charge is 2.21. The third kappa shape index (κ3) is 4.32. The van der Waals surface area contributed by atoms with Gasteiger partial charge in [0.2, 0.25) is 0 Å². The third-order valence-corrected chi connectivity index (χ3v) is 3.59. The van der Waals surface area contributed by atoms with Crippen molar-refractivity contribution in [1.29, 1.82) is 0 Å². The van der Waals surface area contributed by atoms with Crippen molar-refractivity contribution in [2.45, 2.75) is 27.7 Å². The van der Waals surface area contributed by atoms with Crippen LogP contribution in [0.3, 0.4) is 0 Å². The molecule has 2 aromatic rings. The van der Waals surface area contributed by atoms with Crippen molar-refractivity contribution < 1.29 is 19.1 Å². The van der Waals surface area contributed by atoms with E-state index in [4.69, 9.17) is 9.47 Å².